The first-order valence-electron chi connectivity index (χ1n) is 4.65. The zero-order valence-electron chi connectivity index (χ0n) is 8.33. The number of rotatable bonds is 2. The predicted molar refractivity (Wildman–Crippen MR) is 65.4 cm³/mol. The lowest BCUT2D eigenvalue weighted by atomic mass is 10.1. The van der Waals surface area contributed by atoms with E-state index in [-0.39, 0.29) is 6.61 Å². The number of aliphatic hydroxyl groups is 1. The number of thiophene rings is 1. The lowest BCUT2D eigenvalue weighted by molar-refractivity contribution is 0.282. The molecule has 2 aromatic rings. The van der Waals surface area contributed by atoms with Gasteiger partial charge < -0.3 is 5.11 Å². The molecule has 0 radical (unpaired) electrons. The van der Waals surface area contributed by atoms with Gasteiger partial charge in [0.05, 0.1) is 6.61 Å². The number of halogens is 1. The summed E-state index contributed by atoms with van der Waals surface area (Å²) in [6.07, 6.45) is 0. The van der Waals surface area contributed by atoms with E-state index < -0.39 is 0 Å². The van der Waals surface area contributed by atoms with Gasteiger partial charge >= 0.3 is 0 Å². The van der Waals surface area contributed by atoms with Crippen LogP contribution in [0, 0.1) is 6.92 Å². The van der Waals surface area contributed by atoms with E-state index in [1.807, 2.05) is 18.2 Å². The Morgan fingerprint density at radius 3 is 2.73 bits per heavy atom. The van der Waals surface area contributed by atoms with Crippen LogP contribution in [-0.2, 0) is 6.61 Å². The van der Waals surface area contributed by atoms with Crippen molar-refractivity contribution in [2.45, 2.75) is 13.5 Å². The summed E-state index contributed by atoms with van der Waals surface area (Å²) in [5, 5.41) is 11.8. The molecule has 0 bridgehead atoms. The highest BCUT2D eigenvalue weighted by atomic mass is 35.5. The lowest BCUT2D eigenvalue weighted by Gasteiger charge is -2.03. The van der Waals surface area contributed by atoms with Crippen molar-refractivity contribution in [3.05, 3.63) is 45.8 Å². The Bertz CT molecular complexity index is 476. The molecule has 1 nitrogen and oxygen atoms in total. The number of hydrogen-bond donors (Lipinski definition) is 1. The van der Waals surface area contributed by atoms with Crippen molar-refractivity contribution in [3.63, 3.8) is 0 Å². The van der Waals surface area contributed by atoms with E-state index >= 15 is 0 Å². The van der Waals surface area contributed by atoms with Gasteiger partial charge in [0.15, 0.2) is 0 Å². The molecule has 3 heteroatoms. The number of aryl methyl sites for hydroxylation is 1. The fourth-order valence-electron chi connectivity index (χ4n) is 1.43. The van der Waals surface area contributed by atoms with Crippen molar-refractivity contribution in [3.8, 4) is 10.4 Å². The van der Waals surface area contributed by atoms with E-state index in [0.717, 1.165) is 11.1 Å². The number of aliphatic hydroxyl groups excluding tert-OH is 1. The summed E-state index contributed by atoms with van der Waals surface area (Å²) in [6.45, 7) is 2.06. The van der Waals surface area contributed by atoms with E-state index in [0.29, 0.717) is 5.02 Å². The van der Waals surface area contributed by atoms with Crippen LogP contribution < -0.4 is 0 Å². The molecule has 0 fully saturated rings. The van der Waals surface area contributed by atoms with Gasteiger partial charge in [0.25, 0.3) is 0 Å². The highest BCUT2D eigenvalue weighted by Crippen LogP contribution is 2.29. The van der Waals surface area contributed by atoms with Crippen molar-refractivity contribution < 1.29 is 5.11 Å². The molecule has 0 aliphatic carbocycles. The number of hydrogen-bond acceptors (Lipinski definition) is 2. The van der Waals surface area contributed by atoms with Crippen LogP contribution in [0.25, 0.3) is 10.4 Å². The van der Waals surface area contributed by atoms with Gasteiger partial charge in [0, 0.05) is 9.90 Å². The first-order chi connectivity index (χ1) is 7.20. The zero-order valence-corrected chi connectivity index (χ0v) is 9.90. The van der Waals surface area contributed by atoms with Gasteiger partial charge in [-0.3, -0.25) is 0 Å². The molecule has 1 N–H and O–H groups in total. The van der Waals surface area contributed by atoms with E-state index in [1.165, 1.54) is 10.4 Å². The van der Waals surface area contributed by atoms with Crippen LogP contribution in [0.5, 0.6) is 0 Å². The van der Waals surface area contributed by atoms with Crippen LogP contribution in [0.1, 0.15) is 11.1 Å². The maximum atomic E-state index is 9.11. The van der Waals surface area contributed by atoms with Crippen LogP contribution in [0.3, 0.4) is 0 Å². The SMILES string of the molecule is Cc1csc(-c2ccc(Cl)c(CO)c2)c1. The van der Waals surface area contributed by atoms with E-state index in [4.69, 9.17) is 16.7 Å². The average Bonchev–Trinajstić information content (AvgIpc) is 2.66. The second-order valence-corrected chi connectivity index (χ2v) is 4.77. The Morgan fingerprint density at radius 2 is 2.13 bits per heavy atom. The van der Waals surface area contributed by atoms with Crippen LogP contribution in [0.4, 0.5) is 0 Å². The summed E-state index contributed by atoms with van der Waals surface area (Å²) in [5.41, 5.74) is 3.15. The van der Waals surface area contributed by atoms with Gasteiger partial charge in [-0.15, -0.1) is 11.3 Å². The zero-order chi connectivity index (χ0) is 10.8. The minimum atomic E-state index is -0.0168. The third kappa shape index (κ3) is 2.23. The second kappa shape index (κ2) is 4.35. The molecule has 0 atom stereocenters. The van der Waals surface area contributed by atoms with E-state index in [2.05, 4.69) is 18.4 Å². The van der Waals surface area contributed by atoms with Gasteiger partial charge in [0.1, 0.15) is 0 Å². The summed E-state index contributed by atoms with van der Waals surface area (Å²) in [7, 11) is 0. The minimum Gasteiger partial charge on any atom is -0.392 e. The van der Waals surface area contributed by atoms with Gasteiger partial charge in [-0.05, 0) is 47.2 Å². The molecule has 78 valence electrons. The fraction of sp³-hybridized carbons (Fsp3) is 0.167. The molecule has 0 saturated heterocycles. The summed E-state index contributed by atoms with van der Waals surface area (Å²) in [6, 6.07) is 7.88. The van der Waals surface area contributed by atoms with Crippen LogP contribution in [0.15, 0.2) is 29.6 Å². The van der Waals surface area contributed by atoms with Crippen LogP contribution >= 0.6 is 22.9 Å². The third-order valence-corrected chi connectivity index (χ3v) is 3.70. The van der Waals surface area contributed by atoms with Crippen molar-refractivity contribution in [1.82, 2.24) is 0 Å². The highest BCUT2D eigenvalue weighted by molar-refractivity contribution is 7.13. The largest absolute Gasteiger partial charge is 0.392 e. The molecule has 0 unspecified atom stereocenters. The maximum Gasteiger partial charge on any atom is 0.0696 e. The summed E-state index contributed by atoms with van der Waals surface area (Å²) < 4.78 is 0. The first-order valence-corrected chi connectivity index (χ1v) is 5.91. The maximum absolute atomic E-state index is 9.11. The summed E-state index contributed by atoms with van der Waals surface area (Å²) in [5.74, 6) is 0. The Labute approximate surface area is 98.0 Å². The standard InChI is InChI=1S/C12H11ClOS/c1-8-4-12(15-7-8)9-2-3-11(13)10(5-9)6-14/h2-5,7,14H,6H2,1H3. The van der Waals surface area contributed by atoms with Crippen molar-refractivity contribution >= 4 is 22.9 Å². The molecule has 0 spiro atoms. The molecule has 1 aromatic carbocycles. The molecule has 2 rings (SSSR count). The predicted octanol–water partition coefficient (Wildman–Crippen LogP) is 3.87. The second-order valence-electron chi connectivity index (χ2n) is 3.45. The monoisotopic (exact) mass is 238 g/mol. The number of benzene rings is 1. The Hall–Kier alpha value is -0.830. The molecule has 1 heterocycles. The minimum absolute atomic E-state index is 0.0168. The quantitative estimate of drug-likeness (QED) is 0.842. The van der Waals surface area contributed by atoms with Crippen molar-refractivity contribution in [2.75, 3.05) is 0 Å². The molecular weight excluding hydrogens is 228 g/mol. The summed E-state index contributed by atoms with van der Waals surface area (Å²) in [4.78, 5) is 1.21. The van der Waals surface area contributed by atoms with Crippen molar-refractivity contribution in [2.24, 2.45) is 0 Å². The lowest BCUT2D eigenvalue weighted by Crippen LogP contribution is -1.85. The van der Waals surface area contributed by atoms with Gasteiger partial charge in [-0.1, -0.05) is 17.7 Å². The molecule has 0 saturated carbocycles. The highest BCUT2D eigenvalue weighted by Gasteiger charge is 2.04. The van der Waals surface area contributed by atoms with Gasteiger partial charge in [-0.25, -0.2) is 0 Å². The molecule has 0 aliphatic heterocycles. The Morgan fingerprint density at radius 1 is 1.33 bits per heavy atom. The van der Waals surface area contributed by atoms with Gasteiger partial charge in [0.2, 0.25) is 0 Å². The smallest absolute Gasteiger partial charge is 0.0696 e. The molecular formula is C12H11ClOS. The Kier molecular flexibility index (Phi) is 3.10. The molecule has 1 aromatic heterocycles. The Balaban J connectivity index is 2.45. The topological polar surface area (TPSA) is 20.2 Å². The molecule has 0 amide bonds. The third-order valence-electron chi connectivity index (χ3n) is 2.23. The summed E-state index contributed by atoms with van der Waals surface area (Å²) >= 11 is 7.64. The fourth-order valence-corrected chi connectivity index (χ4v) is 2.51. The van der Waals surface area contributed by atoms with Crippen LogP contribution in [0.2, 0.25) is 5.02 Å². The molecule has 15 heavy (non-hydrogen) atoms. The normalized spacial score (nSPS) is 10.6. The average molecular weight is 239 g/mol. The van der Waals surface area contributed by atoms with Gasteiger partial charge in [-0.2, -0.15) is 0 Å². The van der Waals surface area contributed by atoms with Crippen LogP contribution in [-0.4, -0.2) is 5.11 Å². The van der Waals surface area contributed by atoms with Crippen molar-refractivity contribution in [1.29, 1.82) is 0 Å². The first kappa shape index (κ1) is 10.7. The molecule has 0 aliphatic rings. The van der Waals surface area contributed by atoms with E-state index in [9.17, 15) is 0 Å². The van der Waals surface area contributed by atoms with E-state index in [1.54, 1.807) is 11.3 Å².